The van der Waals surface area contributed by atoms with E-state index in [1.54, 1.807) is 0 Å². The van der Waals surface area contributed by atoms with E-state index in [0.29, 0.717) is 19.1 Å². The number of benzene rings is 1. The average molecular weight is 357 g/mol. The van der Waals surface area contributed by atoms with Gasteiger partial charge in [0.2, 0.25) is 11.8 Å². The summed E-state index contributed by atoms with van der Waals surface area (Å²) >= 11 is 0. The number of rotatable bonds is 4. The van der Waals surface area contributed by atoms with Crippen molar-refractivity contribution in [1.82, 2.24) is 10.2 Å². The molecule has 2 atom stereocenters. The number of amides is 2. The highest BCUT2D eigenvalue weighted by Crippen LogP contribution is 2.29. The standard InChI is InChI=1S/C20H27N3O3/c1-13(15-11-21-12-15)20(25)23-8-3-2-4-17(23)19(24)22-16-5-6-18-14(10-16)7-9-26-18/h5-6,10,13,15,17,21H,2-4,7-9,11-12H2,1H3,(H,22,24). The highest BCUT2D eigenvalue weighted by atomic mass is 16.5. The number of piperidine rings is 1. The summed E-state index contributed by atoms with van der Waals surface area (Å²) in [6.07, 6.45) is 3.57. The third-order valence-electron chi connectivity index (χ3n) is 5.96. The zero-order valence-electron chi connectivity index (χ0n) is 15.3. The molecule has 0 spiro atoms. The predicted octanol–water partition coefficient (Wildman–Crippen LogP) is 1.80. The summed E-state index contributed by atoms with van der Waals surface area (Å²) in [5, 5.41) is 6.25. The number of carbonyl (C=O) groups excluding carboxylic acids is 2. The van der Waals surface area contributed by atoms with E-state index < -0.39 is 0 Å². The van der Waals surface area contributed by atoms with E-state index in [1.165, 1.54) is 0 Å². The first-order valence-electron chi connectivity index (χ1n) is 9.71. The molecule has 1 aromatic carbocycles. The molecule has 6 nitrogen and oxygen atoms in total. The van der Waals surface area contributed by atoms with Crippen molar-refractivity contribution in [1.29, 1.82) is 0 Å². The molecule has 26 heavy (non-hydrogen) atoms. The maximum absolute atomic E-state index is 13.0. The molecule has 2 amide bonds. The first-order valence-corrected chi connectivity index (χ1v) is 9.71. The Morgan fingerprint density at radius 3 is 2.92 bits per heavy atom. The molecule has 0 radical (unpaired) electrons. The van der Waals surface area contributed by atoms with Crippen LogP contribution in [0, 0.1) is 11.8 Å². The fourth-order valence-corrected chi connectivity index (χ4v) is 4.09. The van der Waals surface area contributed by atoms with Gasteiger partial charge in [0.25, 0.3) is 0 Å². The summed E-state index contributed by atoms with van der Waals surface area (Å²) in [7, 11) is 0. The minimum Gasteiger partial charge on any atom is -0.493 e. The molecule has 0 saturated carbocycles. The van der Waals surface area contributed by atoms with Crippen molar-refractivity contribution >= 4 is 17.5 Å². The maximum Gasteiger partial charge on any atom is 0.247 e. The van der Waals surface area contributed by atoms with Crippen molar-refractivity contribution < 1.29 is 14.3 Å². The lowest BCUT2D eigenvalue weighted by Gasteiger charge is -2.40. The second-order valence-electron chi connectivity index (χ2n) is 7.66. The lowest BCUT2D eigenvalue weighted by Crippen LogP contribution is -2.55. The number of ether oxygens (including phenoxy) is 1. The molecule has 2 unspecified atom stereocenters. The van der Waals surface area contributed by atoms with Gasteiger partial charge < -0.3 is 20.3 Å². The molecule has 6 heteroatoms. The SMILES string of the molecule is CC(C(=O)N1CCCCC1C(=O)Nc1ccc2c(c1)CCO2)C1CNC1. The molecule has 0 bridgehead atoms. The smallest absolute Gasteiger partial charge is 0.247 e. The molecule has 0 aliphatic carbocycles. The number of hydrogen-bond acceptors (Lipinski definition) is 4. The van der Waals surface area contributed by atoms with E-state index >= 15 is 0 Å². The van der Waals surface area contributed by atoms with E-state index in [9.17, 15) is 9.59 Å². The van der Waals surface area contributed by atoms with E-state index in [4.69, 9.17) is 4.74 Å². The Kier molecular flexibility index (Phi) is 4.85. The third-order valence-corrected chi connectivity index (χ3v) is 5.96. The topological polar surface area (TPSA) is 70.7 Å². The molecule has 1 aromatic rings. The van der Waals surface area contributed by atoms with Crippen LogP contribution in [0.1, 0.15) is 31.7 Å². The molecule has 2 saturated heterocycles. The predicted molar refractivity (Wildman–Crippen MR) is 99.1 cm³/mol. The lowest BCUT2D eigenvalue weighted by molar-refractivity contribution is -0.145. The lowest BCUT2D eigenvalue weighted by atomic mass is 9.86. The molecular formula is C20H27N3O3. The van der Waals surface area contributed by atoms with Gasteiger partial charge in [0.15, 0.2) is 0 Å². The fourth-order valence-electron chi connectivity index (χ4n) is 4.09. The minimum absolute atomic E-state index is 0.0261. The van der Waals surface area contributed by atoms with Crippen LogP contribution in [-0.2, 0) is 16.0 Å². The number of carbonyl (C=O) groups is 2. The van der Waals surface area contributed by atoms with E-state index in [-0.39, 0.29) is 23.8 Å². The Labute approximate surface area is 154 Å². The van der Waals surface area contributed by atoms with Gasteiger partial charge in [-0.05, 0) is 62.0 Å². The summed E-state index contributed by atoms with van der Waals surface area (Å²) in [6, 6.07) is 5.40. The van der Waals surface area contributed by atoms with Gasteiger partial charge in [-0.15, -0.1) is 0 Å². The van der Waals surface area contributed by atoms with Crippen LogP contribution < -0.4 is 15.4 Å². The zero-order valence-corrected chi connectivity index (χ0v) is 15.3. The van der Waals surface area contributed by atoms with Gasteiger partial charge in [-0.3, -0.25) is 9.59 Å². The second-order valence-corrected chi connectivity index (χ2v) is 7.66. The van der Waals surface area contributed by atoms with Crippen molar-refractivity contribution in [2.75, 3.05) is 31.6 Å². The van der Waals surface area contributed by atoms with Gasteiger partial charge in [-0.1, -0.05) is 6.92 Å². The Morgan fingerprint density at radius 1 is 1.31 bits per heavy atom. The summed E-state index contributed by atoms with van der Waals surface area (Å²) in [5.41, 5.74) is 1.92. The number of nitrogens with zero attached hydrogens (tertiary/aromatic N) is 1. The first kappa shape index (κ1) is 17.3. The summed E-state index contributed by atoms with van der Waals surface area (Å²) in [5.74, 6) is 1.32. The van der Waals surface area contributed by atoms with Gasteiger partial charge >= 0.3 is 0 Å². The van der Waals surface area contributed by atoms with Crippen molar-refractivity contribution in [3.8, 4) is 5.75 Å². The monoisotopic (exact) mass is 357 g/mol. The van der Waals surface area contributed by atoms with E-state index in [2.05, 4.69) is 10.6 Å². The largest absolute Gasteiger partial charge is 0.493 e. The van der Waals surface area contributed by atoms with Crippen LogP contribution in [0.2, 0.25) is 0 Å². The quantitative estimate of drug-likeness (QED) is 0.862. The van der Waals surface area contributed by atoms with Crippen LogP contribution >= 0.6 is 0 Å². The Balaban J connectivity index is 1.45. The molecule has 3 heterocycles. The fraction of sp³-hybridized carbons (Fsp3) is 0.600. The number of likely N-dealkylation sites (tertiary alicyclic amines) is 1. The molecule has 4 rings (SSSR count). The van der Waals surface area contributed by atoms with Crippen molar-refractivity contribution in [3.63, 3.8) is 0 Å². The second kappa shape index (κ2) is 7.27. The van der Waals surface area contributed by atoms with Crippen LogP contribution in [-0.4, -0.2) is 49.0 Å². The Hall–Kier alpha value is -2.08. The van der Waals surface area contributed by atoms with Crippen molar-refractivity contribution in [3.05, 3.63) is 23.8 Å². The highest BCUT2D eigenvalue weighted by Gasteiger charge is 2.37. The van der Waals surface area contributed by atoms with E-state index in [0.717, 1.165) is 55.8 Å². The number of hydrogen-bond donors (Lipinski definition) is 2. The van der Waals surface area contributed by atoms with Crippen LogP contribution in [0.3, 0.4) is 0 Å². The average Bonchev–Trinajstić information content (AvgIpc) is 3.07. The number of nitrogens with one attached hydrogen (secondary N) is 2. The third kappa shape index (κ3) is 3.30. The first-order chi connectivity index (χ1) is 12.6. The van der Waals surface area contributed by atoms with Crippen LogP contribution in [0.15, 0.2) is 18.2 Å². The molecule has 2 fully saturated rings. The summed E-state index contributed by atoms with van der Waals surface area (Å²) in [4.78, 5) is 27.7. The number of fused-ring (bicyclic) bond motifs is 1. The summed E-state index contributed by atoms with van der Waals surface area (Å²) in [6.45, 7) is 5.17. The van der Waals surface area contributed by atoms with Gasteiger partial charge in [0.1, 0.15) is 11.8 Å². The Bertz CT molecular complexity index is 702. The van der Waals surface area contributed by atoms with Crippen LogP contribution in [0.25, 0.3) is 0 Å². The molecule has 3 aliphatic rings. The number of anilines is 1. The molecule has 2 N–H and O–H groups in total. The molecular weight excluding hydrogens is 330 g/mol. The molecule has 140 valence electrons. The summed E-state index contributed by atoms with van der Waals surface area (Å²) < 4.78 is 5.52. The van der Waals surface area contributed by atoms with E-state index in [1.807, 2.05) is 30.0 Å². The Morgan fingerprint density at radius 2 is 2.15 bits per heavy atom. The maximum atomic E-state index is 13.0. The minimum atomic E-state index is -0.365. The zero-order chi connectivity index (χ0) is 18.1. The van der Waals surface area contributed by atoms with Crippen molar-refractivity contribution in [2.24, 2.45) is 11.8 Å². The molecule has 3 aliphatic heterocycles. The van der Waals surface area contributed by atoms with Crippen LogP contribution in [0.5, 0.6) is 5.75 Å². The van der Waals surface area contributed by atoms with Gasteiger partial charge in [0.05, 0.1) is 6.61 Å². The highest BCUT2D eigenvalue weighted by molar-refractivity contribution is 5.97. The van der Waals surface area contributed by atoms with Gasteiger partial charge in [-0.2, -0.15) is 0 Å². The van der Waals surface area contributed by atoms with Crippen LogP contribution in [0.4, 0.5) is 5.69 Å². The van der Waals surface area contributed by atoms with Gasteiger partial charge in [0, 0.05) is 24.6 Å². The normalized spacial score (nSPS) is 23.6. The molecule has 0 aromatic heterocycles. The van der Waals surface area contributed by atoms with Crippen molar-refractivity contribution in [2.45, 2.75) is 38.6 Å². The van der Waals surface area contributed by atoms with Gasteiger partial charge in [-0.25, -0.2) is 0 Å².